The fourth-order valence-electron chi connectivity index (χ4n) is 3.90. The van der Waals surface area contributed by atoms with Crippen LogP contribution in [0.4, 0.5) is 0 Å². The average molecular weight is 482 g/mol. The Morgan fingerprint density at radius 1 is 1.19 bits per heavy atom. The molecule has 8 heteroatoms. The van der Waals surface area contributed by atoms with Gasteiger partial charge in [-0.05, 0) is 54.3 Å². The van der Waals surface area contributed by atoms with Gasteiger partial charge >= 0.3 is 5.97 Å². The fourth-order valence-corrected chi connectivity index (χ4v) is 7.29. The van der Waals surface area contributed by atoms with E-state index in [9.17, 15) is 18.3 Å². The van der Waals surface area contributed by atoms with Crippen molar-refractivity contribution in [3.63, 3.8) is 0 Å². The summed E-state index contributed by atoms with van der Waals surface area (Å²) in [5.41, 5.74) is 1.46. The first-order valence-corrected chi connectivity index (χ1v) is 13.1. The van der Waals surface area contributed by atoms with Crippen LogP contribution in [0.1, 0.15) is 37.4 Å². The van der Waals surface area contributed by atoms with E-state index in [2.05, 4.69) is 13.8 Å². The number of aliphatic carboxylic acids is 1. The highest BCUT2D eigenvalue weighted by Crippen LogP contribution is 2.43. The first-order valence-electron chi connectivity index (χ1n) is 10.3. The predicted octanol–water partition coefficient (Wildman–Crippen LogP) is 5.24. The molecule has 168 valence electrons. The van der Waals surface area contributed by atoms with Crippen molar-refractivity contribution in [3.05, 3.63) is 64.7 Å². The first-order chi connectivity index (χ1) is 14.6. The van der Waals surface area contributed by atoms with Gasteiger partial charge in [0.2, 0.25) is 10.0 Å². The zero-order valence-electron chi connectivity index (χ0n) is 17.9. The molecular weight excluding hydrogens is 454 g/mol. The van der Waals surface area contributed by atoms with Crippen molar-refractivity contribution in [2.24, 2.45) is 11.8 Å². The van der Waals surface area contributed by atoms with Gasteiger partial charge in [0.1, 0.15) is 0 Å². The molecule has 5 nitrogen and oxygen atoms in total. The molecule has 3 atom stereocenters. The van der Waals surface area contributed by atoms with Crippen LogP contribution in [0.15, 0.2) is 53.4 Å². The summed E-state index contributed by atoms with van der Waals surface area (Å²) in [4.78, 5) is 12.3. The molecule has 1 saturated heterocycles. The number of piperidine rings is 1. The number of halogens is 1. The van der Waals surface area contributed by atoms with E-state index in [1.54, 1.807) is 55.1 Å². The topological polar surface area (TPSA) is 74.7 Å². The van der Waals surface area contributed by atoms with Gasteiger partial charge in [0.25, 0.3) is 0 Å². The van der Waals surface area contributed by atoms with Crippen molar-refractivity contribution < 1.29 is 18.3 Å². The molecule has 2 aromatic carbocycles. The third-order valence-corrected chi connectivity index (χ3v) is 9.62. The molecule has 31 heavy (non-hydrogen) atoms. The van der Waals surface area contributed by atoms with Crippen LogP contribution in [0.2, 0.25) is 5.02 Å². The molecule has 3 rings (SSSR count). The quantitative estimate of drug-likeness (QED) is 0.585. The number of carbonyl (C=O) groups is 1. The molecule has 0 spiro atoms. The second-order valence-electron chi connectivity index (χ2n) is 8.35. The zero-order valence-corrected chi connectivity index (χ0v) is 20.3. The van der Waals surface area contributed by atoms with Crippen molar-refractivity contribution in [1.29, 1.82) is 0 Å². The van der Waals surface area contributed by atoms with E-state index < -0.39 is 28.0 Å². The highest BCUT2D eigenvalue weighted by atomic mass is 35.5. The molecular formula is C23H28ClNO4S2. The number of nitrogens with zero attached hydrogens (tertiary/aromatic N) is 1. The summed E-state index contributed by atoms with van der Waals surface area (Å²) in [6.45, 7) is 5.88. The van der Waals surface area contributed by atoms with E-state index in [0.29, 0.717) is 22.9 Å². The number of rotatable bonds is 7. The van der Waals surface area contributed by atoms with Gasteiger partial charge in [0.15, 0.2) is 0 Å². The SMILES string of the molecule is Cc1ccccc1S(=O)(=O)N1C[C@@H](C(=O)O)[C@H](SCC(C)C)C[C@H]1c1ccc(Cl)cc1. The first kappa shape index (κ1) is 24.1. The molecule has 0 unspecified atom stereocenters. The minimum atomic E-state index is -3.89. The smallest absolute Gasteiger partial charge is 0.308 e. The Balaban J connectivity index is 2.06. The van der Waals surface area contributed by atoms with E-state index in [-0.39, 0.29) is 16.7 Å². The Kier molecular flexibility index (Phi) is 7.73. The lowest BCUT2D eigenvalue weighted by atomic mass is 9.90. The van der Waals surface area contributed by atoms with Crippen LogP contribution in [-0.4, -0.2) is 41.3 Å². The molecule has 0 radical (unpaired) electrons. The summed E-state index contributed by atoms with van der Waals surface area (Å²) in [6.07, 6.45) is 0.432. The van der Waals surface area contributed by atoms with Crippen LogP contribution < -0.4 is 0 Å². The predicted molar refractivity (Wildman–Crippen MR) is 126 cm³/mol. The maximum Gasteiger partial charge on any atom is 0.308 e. The van der Waals surface area contributed by atoms with E-state index in [0.717, 1.165) is 11.3 Å². The molecule has 0 bridgehead atoms. The number of hydrogen-bond acceptors (Lipinski definition) is 4. The lowest BCUT2D eigenvalue weighted by molar-refractivity contribution is -0.143. The number of benzene rings is 2. The van der Waals surface area contributed by atoms with Crippen LogP contribution in [0.3, 0.4) is 0 Å². The van der Waals surface area contributed by atoms with Crippen molar-refractivity contribution in [3.8, 4) is 0 Å². The molecule has 0 saturated carbocycles. The molecule has 1 heterocycles. The standard InChI is InChI=1S/C23H28ClNO4S2/c1-15(2)14-30-21-12-20(17-8-10-18(24)11-9-17)25(13-19(21)23(26)27)31(28,29)22-7-5-4-6-16(22)3/h4-11,15,19-21H,12-14H2,1-3H3,(H,26,27)/t19-,20+,21-/m1/s1. The minimum Gasteiger partial charge on any atom is -0.481 e. The molecule has 0 aromatic heterocycles. The third-order valence-electron chi connectivity index (χ3n) is 5.52. The highest BCUT2D eigenvalue weighted by Gasteiger charge is 2.45. The molecule has 1 aliphatic rings. The van der Waals surface area contributed by atoms with Crippen LogP contribution in [0.25, 0.3) is 0 Å². The number of sulfonamides is 1. The summed E-state index contributed by atoms with van der Waals surface area (Å²) < 4.78 is 28.8. The molecule has 1 fully saturated rings. The van der Waals surface area contributed by atoms with Gasteiger partial charge in [-0.25, -0.2) is 8.42 Å². The maximum atomic E-state index is 13.7. The Hall–Kier alpha value is -1.54. The molecule has 2 aromatic rings. The van der Waals surface area contributed by atoms with Crippen LogP contribution in [0.5, 0.6) is 0 Å². The molecule has 0 amide bonds. The van der Waals surface area contributed by atoms with Gasteiger partial charge in [-0.3, -0.25) is 4.79 Å². The summed E-state index contributed by atoms with van der Waals surface area (Å²) in [7, 11) is -3.89. The van der Waals surface area contributed by atoms with Gasteiger partial charge < -0.3 is 5.11 Å². The zero-order chi connectivity index (χ0) is 22.8. The van der Waals surface area contributed by atoms with E-state index in [1.807, 2.05) is 12.1 Å². The Labute approximate surface area is 193 Å². The second kappa shape index (κ2) is 9.94. The summed E-state index contributed by atoms with van der Waals surface area (Å²) in [5.74, 6) is -0.485. The number of carboxylic acids is 1. The van der Waals surface area contributed by atoms with Gasteiger partial charge in [-0.15, -0.1) is 0 Å². The van der Waals surface area contributed by atoms with Crippen LogP contribution in [-0.2, 0) is 14.8 Å². The van der Waals surface area contributed by atoms with E-state index in [4.69, 9.17) is 11.6 Å². The number of thioether (sulfide) groups is 1. The minimum absolute atomic E-state index is 0.0605. The van der Waals surface area contributed by atoms with Crippen LogP contribution >= 0.6 is 23.4 Å². The van der Waals surface area contributed by atoms with Gasteiger partial charge in [-0.2, -0.15) is 16.1 Å². The van der Waals surface area contributed by atoms with Crippen molar-refractivity contribution in [1.82, 2.24) is 4.31 Å². The summed E-state index contributed by atoms with van der Waals surface area (Å²) in [5, 5.41) is 10.3. The van der Waals surface area contributed by atoms with Crippen LogP contribution in [0, 0.1) is 18.8 Å². The third kappa shape index (κ3) is 5.45. The Bertz CT molecular complexity index is 1020. The summed E-state index contributed by atoms with van der Waals surface area (Å²) in [6, 6.07) is 13.5. The number of aryl methyl sites for hydroxylation is 1. The monoisotopic (exact) mass is 481 g/mol. The second-order valence-corrected chi connectivity index (χ2v) is 11.9. The van der Waals surface area contributed by atoms with E-state index >= 15 is 0 Å². The van der Waals surface area contributed by atoms with Gasteiger partial charge in [0.05, 0.1) is 16.9 Å². The fraction of sp³-hybridized carbons (Fsp3) is 0.435. The van der Waals surface area contributed by atoms with E-state index in [1.165, 1.54) is 4.31 Å². The number of hydrogen-bond donors (Lipinski definition) is 1. The van der Waals surface area contributed by atoms with Gasteiger partial charge in [0, 0.05) is 16.8 Å². The molecule has 1 N–H and O–H groups in total. The normalized spacial score (nSPS) is 22.5. The largest absolute Gasteiger partial charge is 0.481 e. The van der Waals surface area contributed by atoms with Crippen molar-refractivity contribution >= 4 is 39.4 Å². The Morgan fingerprint density at radius 3 is 2.42 bits per heavy atom. The molecule has 0 aliphatic carbocycles. The number of carboxylic acid groups (broad SMARTS) is 1. The van der Waals surface area contributed by atoms with Crippen molar-refractivity contribution in [2.75, 3.05) is 12.3 Å². The highest BCUT2D eigenvalue weighted by molar-refractivity contribution is 7.99. The van der Waals surface area contributed by atoms with Crippen molar-refractivity contribution in [2.45, 2.75) is 43.4 Å². The Morgan fingerprint density at radius 2 is 1.84 bits per heavy atom. The molecule has 1 aliphatic heterocycles. The lowest BCUT2D eigenvalue weighted by Gasteiger charge is -2.42. The maximum absolute atomic E-state index is 13.7. The lowest BCUT2D eigenvalue weighted by Crippen LogP contribution is -2.49. The van der Waals surface area contributed by atoms with Gasteiger partial charge in [-0.1, -0.05) is 55.8 Å². The summed E-state index contributed by atoms with van der Waals surface area (Å²) >= 11 is 7.68. The average Bonchev–Trinajstić information content (AvgIpc) is 2.72.